The van der Waals surface area contributed by atoms with E-state index in [9.17, 15) is 22.8 Å². The number of halogens is 3. The summed E-state index contributed by atoms with van der Waals surface area (Å²) in [6, 6.07) is 9.03. The molecule has 2 heterocycles. The number of pyridine rings is 1. The van der Waals surface area contributed by atoms with Gasteiger partial charge in [0, 0.05) is 46.1 Å². The van der Waals surface area contributed by atoms with E-state index >= 15 is 0 Å². The zero-order chi connectivity index (χ0) is 24.7. The zero-order valence-corrected chi connectivity index (χ0v) is 19.4. The molecule has 3 atom stereocenters. The van der Waals surface area contributed by atoms with Crippen LogP contribution in [-0.4, -0.2) is 47.5 Å². The Morgan fingerprint density at radius 3 is 2.59 bits per heavy atom. The molecule has 0 saturated carbocycles. The van der Waals surface area contributed by atoms with Crippen LogP contribution in [-0.2, 0) is 21.4 Å². The standard InChI is InChI=1S/C25H29F3N4O2.2H2/c1-24(2)18-7-5-4-6-15(18)12-19(24)31-20-10-8-16(13-29-20)22(25(26,27)28)32(3)23(34)17-9-11-21(33)30-14-17;;/h4-8,10,13,17,19,22H,9,11-12,14H2,1-3H3,(H,29,31)(H,30,33);2*1H/t17-,19+,22+;;/m1../s1. The maximum absolute atomic E-state index is 14.0. The number of hydrogen-bond donors (Lipinski definition) is 2. The third-order valence-corrected chi connectivity index (χ3v) is 7.09. The molecule has 2 amide bonds. The summed E-state index contributed by atoms with van der Waals surface area (Å²) in [5.74, 6) is -1.03. The van der Waals surface area contributed by atoms with Crippen LogP contribution >= 0.6 is 0 Å². The highest BCUT2D eigenvalue weighted by molar-refractivity contribution is 5.84. The molecule has 0 bridgehead atoms. The number of benzene rings is 1. The van der Waals surface area contributed by atoms with Crippen molar-refractivity contribution in [1.82, 2.24) is 15.2 Å². The van der Waals surface area contributed by atoms with E-state index in [1.807, 2.05) is 12.1 Å². The van der Waals surface area contributed by atoms with Gasteiger partial charge in [0.15, 0.2) is 6.04 Å². The number of nitrogens with one attached hydrogen (secondary N) is 2. The fourth-order valence-corrected chi connectivity index (χ4v) is 5.04. The highest BCUT2D eigenvalue weighted by Gasteiger charge is 2.47. The second-order valence-corrected chi connectivity index (χ2v) is 9.69. The van der Waals surface area contributed by atoms with E-state index in [0.29, 0.717) is 5.82 Å². The third kappa shape index (κ3) is 4.60. The first-order valence-electron chi connectivity index (χ1n) is 11.4. The van der Waals surface area contributed by atoms with Gasteiger partial charge in [-0.25, -0.2) is 4.98 Å². The summed E-state index contributed by atoms with van der Waals surface area (Å²) < 4.78 is 42.1. The van der Waals surface area contributed by atoms with Crippen LogP contribution in [0.3, 0.4) is 0 Å². The Morgan fingerprint density at radius 2 is 2.00 bits per heavy atom. The number of carbonyl (C=O) groups excluding carboxylic acids is 2. The second-order valence-electron chi connectivity index (χ2n) is 9.69. The van der Waals surface area contributed by atoms with Gasteiger partial charge in [0.2, 0.25) is 11.8 Å². The number of nitrogens with zero attached hydrogens (tertiary/aromatic N) is 2. The van der Waals surface area contributed by atoms with Crippen LogP contribution < -0.4 is 10.6 Å². The van der Waals surface area contributed by atoms with Crippen LogP contribution in [0, 0.1) is 5.92 Å². The Bertz CT molecular complexity index is 1070. The van der Waals surface area contributed by atoms with Crippen molar-refractivity contribution in [2.24, 2.45) is 5.92 Å². The van der Waals surface area contributed by atoms with Crippen LogP contribution in [0.4, 0.5) is 19.0 Å². The average Bonchev–Trinajstić information content (AvgIpc) is 3.04. The van der Waals surface area contributed by atoms with Crippen LogP contribution in [0.15, 0.2) is 42.6 Å². The van der Waals surface area contributed by atoms with E-state index in [1.54, 1.807) is 0 Å². The lowest BCUT2D eigenvalue weighted by Gasteiger charge is -2.34. The molecule has 4 rings (SSSR count). The molecule has 2 N–H and O–H groups in total. The highest BCUT2D eigenvalue weighted by Crippen LogP contribution is 2.41. The molecule has 6 nitrogen and oxygen atoms in total. The molecule has 0 radical (unpaired) electrons. The molecule has 2 aromatic rings. The summed E-state index contributed by atoms with van der Waals surface area (Å²) >= 11 is 0. The number of aromatic nitrogens is 1. The van der Waals surface area contributed by atoms with Crippen molar-refractivity contribution >= 4 is 17.6 Å². The lowest BCUT2D eigenvalue weighted by Crippen LogP contribution is -2.47. The number of alkyl halides is 3. The minimum Gasteiger partial charge on any atom is -0.366 e. The van der Waals surface area contributed by atoms with Gasteiger partial charge in [-0.3, -0.25) is 9.59 Å². The van der Waals surface area contributed by atoms with Gasteiger partial charge in [-0.15, -0.1) is 0 Å². The van der Waals surface area contributed by atoms with Crippen LogP contribution in [0.1, 0.15) is 52.3 Å². The van der Waals surface area contributed by atoms with E-state index < -0.39 is 24.0 Å². The number of carbonyl (C=O) groups is 2. The summed E-state index contributed by atoms with van der Waals surface area (Å²) in [7, 11) is 1.15. The van der Waals surface area contributed by atoms with Gasteiger partial charge >= 0.3 is 6.18 Å². The Morgan fingerprint density at radius 1 is 1.26 bits per heavy atom. The lowest BCUT2D eigenvalue weighted by molar-refractivity contribution is -0.190. The lowest BCUT2D eigenvalue weighted by atomic mass is 9.83. The van der Waals surface area contributed by atoms with E-state index in [4.69, 9.17) is 0 Å². The summed E-state index contributed by atoms with van der Waals surface area (Å²) in [6.45, 7) is 4.32. The number of hydrogen-bond acceptors (Lipinski definition) is 4. The van der Waals surface area contributed by atoms with E-state index in [1.165, 1.54) is 29.5 Å². The molecule has 1 aliphatic heterocycles. The van der Waals surface area contributed by atoms with Crippen LogP contribution in [0.2, 0.25) is 0 Å². The molecule has 1 saturated heterocycles. The topological polar surface area (TPSA) is 74.3 Å². The van der Waals surface area contributed by atoms with Crippen molar-refractivity contribution in [1.29, 1.82) is 0 Å². The number of amides is 2. The molecule has 1 aromatic carbocycles. The molecular formula is C25H33F3N4O2. The molecule has 34 heavy (non-hydrogen) atoms. The summed E-state index contributed by atoms with van der Waals surface area (Å²) in [6.07, 6.45) is -2.33. The zero-order valence-electron chi connectivity index (χ0n) is 19.4. The van der Waals surface area contributed by atoms with E-state index in [2.05, 4.69) is 41.6 Å². The maximum atomic E-state index is 14.0. The van der Waals surface area contributed by atoms with Crippen molar-refractivity contribution in [2.45, 2.75) is 56.8 Å². The number of anilines is 1. The molecule has 9 heteroatoms. The Hall–Kier alpha value is -3.10. The second kappa shape index (κ2) is 8.92. The summed E-state index contributed by atoms with van der Waals surface area (Å²) in [5.41, 5.74) is 2.23. The van der Waals surface area contributed by atoms with Crippen molar-refractivity contribution in [2.75, 3.05) is 18.9 Å². The van der Waals surface area contributed by atoms with Crippen molar-refractivity contribution in [3.05, 3.63) is 59.3 Å². The van der Waals surface area contributed by atoms with Gasteiger partial charge in [0.25, 0.3) is 0 Å². The monoisotopic (exact) mass is 478 g/mol. The van der Waals surface area contributed by atoms with Gasteiger partial charge in [-0.1, -0.05) is 44.2 Å². The van der Waals surface area contributed by atoms with Gasteiger partial charge in [-0.05, 0) is 30.0 Å². The molecule has 186 valence electrons. The fourth-order valence-electron chi connectivity index (χ4n) is 5.04. The quantitative estimate of drug-likeness (QED) is 0.665. The smallest absolute Gasteiger partial charge is 0.366 e. The first-order valence-corrected chi connectivity index (χ1v) is 11.4. The molecule has 0 unspecified atom stereocenters. The van der Waals surface area contributed by atoms with Gasteiger partial charge < -0.3 is 15.5 Å². The van der Waals surface area contributed by atoms with E-state index in [-0.39, 0.29) is 45.2 Å². The van der Waals surface area contributed by atoms with Crippen molar-refractivity contribution < 1.29 is 25.6 Å². The molecule has 1 aromatic heterocycles. The Kier molecular flexibility index (Phi) is 6.31. The minimum atomic E-state index is -4.67. The molecule has 1 aliphatic carbocycles. The average molecular weight is 479 g/mol. The largest absolute Gasteiger partial charge is 0.413 e. The SMILES string of the molecule is CN(C(=O)[C@@H]1CCC(=O)NC1)[C@@H](c1ccc(N[C@H]2Cc3ccccc3C2(C)C)nc1)C(F)(F)F.[HH].[HH]. The van der Waals surface area contributed by atoms with Gasteiger partial charge in [0.1, 0.15) is 5.82 Å². The maximum Gasteiger partial charge on any atom is 0.413 e. The molecule has 0 spiro atoms. The third-order valence-electron chi connectivity index (χ3n) is 7.09. The highest BCUT2D eigenvalue weighted by atomic mass is 19.4. The number of piperidine rings is 1. The van der Waals surface area contributed by atoms with Crippen LogP contribution in [0.25, 0.3) is 0 Å². The number of rotatable bonds is 5. The van der Waals surface area contributed by atoms with E-state index in [0.717, 1.165) is 18.4 Å². The van der Waals surface area contributed by atoms with Crippen molar-refractivity contribution in [3.8, 4) is 0 Å². The van der Waals surface area contributed by atoms with Crippen molar-refractivity contribution in [3.63, 3.8) is 0 Å². The normalized spacial score (nSPS) is 22.5. The first kappa shape index (κ1) is 24.0. The number of fused-ring (bicyclic) bond motifs is 1. The molecule has 2 aliphatic rings. The van der Waals surface area contributed by atoms with Gasteiger partial charge in [-0.2, -0.15) is 13.2 Å². The predicted octanol–water partition coefficient (Wildman–Crippen LogP) is 4.48. The Balaban J connectivity index is 0.00000228. The van der Waals surface area contributed by atoms with Gasteiger partial charge in [0.05, 0.1) is 5.92 Å². The summed E-state index contributed by atoms with van der Waals surface area (Å²) in [5, 5.41) is 5.93. The first-order chi connectivity index (χ1) is 16.0. The minimum absolute atomic E-state index is 0. The van der Waals surface area contributed by atoms with Crippen LogP contribution in [0.5, 0.6) is 0 Å². The summed E-state index contributed by atoms with van der Waals surface area (Å²) in [4.78, 5) is 29.1. The predicted molar refractivity (Wildman–Crippen MR) is 126 cm³/mol. The fraction of sp³-hybridized carbons (Fsp3) is 0.480. The molecular weight excluding hydrogens is 445 g/mol. The Labute approximate surface area is 199 Å². The molecule has 1 fully saturated rings.